The molecule has 1 fully saturated rings. The molecule has 1 aliphatic heterocycles. The number of nitrogens with zero attached hydrogens (tertiary/aromatic N) is 2. The first-order chi connectivity index (χ1) is 11.1. The van der Waals surface area contributed by atoms with Gasteiger partial charge in [0.2, 0.25) is 0 Å². The van der Waals surface area contributed by atoms with Crippen LogP contribution >= 0.6 is 0 Å². The Morgan fingerprint density at radius 2 is 2.26 bits per heavy atom. The number of likely N-dealkylation sites (tertiary alicyclic amines) is 1. The van der Waals surface area contributed by atoms with Crippen molar-refractivity contribution in [2.24, 2.45) is 0 Å². The highest BCUT2D eigenvalue weighted by molar-refractivity contribution is 5.45. The van der Waals surface area contributed by atoms with Crippen LogP contribution < -0.4 is 4.74 Å². The number of phenols is 1. The lowest BCUT2D eigenvalue weighted by molar-refractivity contribution is 0.204. The molecule has 1 unspecified atom stereocenters. The summed E-state index contributed by atoms with van der Waals surface area (Å²) >= 11 is 0. The van der Waals surface area contributed by atoms with E-state index in [2.05, 4.69) is 30.0 Å². The predicted octanol–water partition coefficient (Wildman–Crippen LogP) is 3.85. The van der Waals surface area contributed by atoms with Gasteiger partial charge in [0.1, 0.15) is 0 Å². The molecule has 0 radical (unpaired) electrons. The molecule has 0 saturated carbocycles. The number of methoxy groups -OCH3 is 1. The standard InChI is InChI=1S/C18H24N2O3/c1-12(2)14-10-17(23-19-14)15-7-5-9-20(15)11-13-6-4-8-16(22-3)18(13)21/h4,6,8,10,12,15,21H,5,7,9,11H2,1-3H3. The summed E-state index contributed by atoms with van der Waals surface area (Å²) in [6.07, 6.45) is 2.17. The van der Waals surface area contributed by atoms with Gasteiger partial charge in [-0.05, 0) is 31.4 Å². The van der Waals surface area contributed by atoms with Crippen molar-refractivity contribution in [3.63, 3.8) is 0 Å². The van der Waals surface area contributed by atoms with Crippen molar-refractivity contribution >= 4 is 0 Å². The van der Waals surface area contributed by atoms with E-state index in [0.717, 1.165) is 36.4 Å². The van der Waals surface area contributed by atoms with E-state index in [1.807, 2.05) is 12.1 Å². The SMILES string of the molecule is COc1cccc(CN2CCCC2c2cc(C(C)C)no2)c1O. The fourth-order valence-electron chi connectivity index (χ4n) is 3.15. The summed E-state index contributed by atoms with van der Waals surface area (Å²) in [5, 5.41) is 14.5. The van der Waals surface area contributed by atoms with Crippen LogP contribution in [0, 0.1) is 0 Å². The molecule has 1 aromatic carbocycles. The van der Waals surface area contributed by atoms with E-state index < -0.39 is 0 Å². The van der Waals surface area contributed by atoms with Crippen LogP contribution in [0.1, 0.15) is 55.7 Å². The molecule has 1 atom stereocenters. The molecule has 0 aliphatic carbocycles. The van der Waals surface area contributed by atoms with Crippen LogP contribution in [0.3, 0.4) is 0 Å². The molecule has 2 heterocycles. The Bertz CT molecular complexity index is 666. The van der Waals surface area contributed by atoms with Crippen molar-refractivity contribution in [1.29, 1.82) is 0 Å². The largest absolute Gasteiger partial charge is 0.504 e. The fourth-order valence-corrected chi connectivity index (χ4v) is 3.15. The highest BCUT2D eigenvalue weighted by Crippen LogP contribution is 2.37. The van der Waals surface area contributed by atoms with Gasteiger partial charge in [0.05, 0.1) is 18.8 Å². The number of aromatic nitrogens is 1. The zero-order valence-electron chi connectivity index (χ0n) is 14.0. The van der Waals surface area contributed by atoms with Gasteiger partial charge in [-0.3, -0.25) is 4.90 Å². The summed E-state index contributed by atoms with van der Waals surface area (Å²) in [7, 11) is 1.57. The zero-order chi connectivity index (χ0) is 16.4. The third kappa shape index (κ3) is 3.20. The van der Waals surface area contributed by atoms with Crippen LogP contribution in [0.25, 0.3) is 0 Å². The Hall–Kier alpha value is -2.01. The molecule has 23 heavy (non-hydrogen) atoms. The van der Waals surface area contributed by atoms with Gasteiger partial charge >= 0.3 is 0 Å². The molecule has 3 rings (SSSR count). The molecule has 5 heteroatoms. The van der Waals surface area contributed by atoms with E-state index >= 15 is 0 Å². The first kappa shape index (κ1) is 15.9. The molecular weight excluding hydrogens is 292 g/mol. The second-order valence-corrected chi connectivity index (χ2v) is 6.41. The van der Waals surface area contributed by atoms with E-state index in [-0.39, 0.29) is 11.8 Å². The molecule has 124 valence electrons. The van der Waals surface area contributed by atoms with Crippen LogP contribution in [-0.2, 0) is 6.54 Å². The van der Waals surface area contributed by atoms with Gasteiger partial charge in [-0.2, -0.15) is 0 Å². The normalized spacial score (nSPS) is 18.7. The van der Waals surface area contributed by atoms with Gasteiger partial charge in [0.25, 0.3) is 0 Å². The minimum absolute atomic E-state index is 0.223. The third-order valence-electron chi connectivity index (χ3n) is 4.51. The molecule has 0 bridgehead atoms. The lowest BCUT2D eigenvalue weighted by Crippen LogP contribution is -2.22. The average molecular weight is 316 g/mol. The molecule has 1 aromatic heterocycles. The molecule has 1 saturated heterocycles. The molecule has 2 aromatic rings. The lowest BCUT2D eigenvalue weighted by Gasteiger charge is -2.23. The van der Waals surface area contributed by atoms with Crippen LogP contribution in [-0.4, -0.2) is 28.8 Å². The van der Waals surface area contributed by atoms with Crippen LogP contribution in [0.15, 0.2) is 28.8 Å². The Balaban J connectivity index is 1.79. The summed E-state index contributed by atoms with van der Waals surface area (Å²) in [4.78, 5) is 2.33. The topological polar surface area (TPSA) is 58.7 Å². The zero-order valence-corrected chi connectivity index (χ0v) is 14.0. The van der Waals surface area contributed by atoms with Crippen LogP contribution in [0.5, 0.6) is 11.5 Å². The first-order valence-corrected chi connectivity index (χ1v) is 8.15. The maximum atomic E-state index is 10.3. The highest BCUT2D eigenvalue weighted by Gasteiger charge is 2.30. The van der Waals surface area contributed by atoms with E-state index in [1.54, 1.807) is 13.2 Å². The molecule has 1 aliphatic rings. The van der Waals surface area contributed by atoms with Crippen molar-refractivity contribution in [2.45, 2.75) is 45.2 Å². The van der Waals surface area contributed by atoms with Crippen molar-refractivity contribution in [3.8, 4) is 11.5 Å². The van der Waals surface area contributed by atoms with Crippen molar-refractivity contribution in [2.75, 3.05) is 13.7 Å². The summed E-state index contributed by atoms with van der Waals surface area (Å²) in [5.41, 5.74) is 1.87. The summed E-state index contributed by atoms with van der Waals surface area (Å²) in [5.74, 6) is 2.03. The van der Waals surface area contributed by atoms with E-state index in [9.17, 15) is 5.11 Å². The number of hydrogen-bond acceptors (Lipinski definition) is 5. The number of para-hydroxylation sites is 1. The van der Waals surface area contributed by atoms with E-state index in [0.29, 0.717) is 18.2 Å². The van der Waals surface area contributed by atoms with Crippen LogP contribution in [0.4, 0.5) is 0 Å². The number of aromatic hydroxyl groups is 1. The van der Waals surface area contributed by atoms with Gasteiger partial charge in [0.15, 0.2) is 17.3 Å². The smallest absolute Gasteiger partial charge is 0.162 e. The number of benzene rings is 1. The molecule has 1 N–H and O–H groups in total. The second kappa shape index (κ2) is 6.62. The molecule has 0 amide bonds. The Morgan fingerprint density at radius 1 is 1.43 bits per heavy atom. The average Bonchev–Trinajstić information content (AvgIpc) is 3.18. The van der Waals surface area contributed by atoms with Gasteiger partial charge in [-0.25, -0.2) is 0 Å². The quantitative estimate of drug-likeness (QED) is 0.908. The maximum absolute atomic E-state index is 10.3. The Morgan fingerprint density at radius 3 is 2.96 bits per heavy atom. The maximum Gasteiger partial charge on any atom is 0.162 e. The van der Waals surface area contributed by atoms with Gasteiger partial charge in [0, 0.05) is 18.2 Å². The number of ether oxygens (including phenoxy) is 1. The van der Waals surface area contributed by atoms with Crippen molar-refractivity contribution in [1.82, 2.24) is 10.1 Å². The third-order valence-corrected chi connectivity index (χ3v) is 4.51. The minimum atomic E-state index is 0.223. The minimum Gasteiger partial charge on any atom is -0.504 e. The first-order valence-electron chi connectivity index (χ1n) is 8.15. The number of phenolic OH excluding ortho intramolecular Hbond substituents is 1. The summed E-state index contributed by atoms with van der Waals surface area (Å²) in [6.45, 7) is 5.88. The van der Waals surface area contributed by atoms with Crippen molar-refractivity contribution < 1.29 is 14.4 Å². The Labute approximate surface area is 136 Å². The van der Waals surface area contributed by atoms with Gasteiger partial charge in [-0.1, -0.05) is 31.1 Å². The van der Waals surface area contributed by atoms with Crippen LogP contribution in [0.2, 0.25) is 0 Å². The lowest BCUT2D eigenvalue weighted by atomic mass is 10.1. The summed E-state index contributed by atoms with van der Waals surface area (Å²) in [6, 6.07) is 7.91. The van der Waals surface area contributed by atoms with E-state index in [4.69, 9.17) is 9.26 Å². The monoisotopic (exact) mass is 316 g/mol. The molecule has 0 spiro atoms. The van der Waals surface area contributed by atoms with E-state index in [1.165, 1.54) is 0 Å². The van der Waals surface area contributed by atoms with Gasteiger partial charge < -0.3 is 14.4 Å². The highest BCUT2D eigenvalue weighted by atomic mass is 16.5. The number of hydrogen-bond donors (Lipinski definition) is 1. The fraction of sp³-hybridized carbons (Fsp3) is 0.500. The summed E-state index contributed by atoms with van der Waals surface area (Å²) < 4.78 is 10.8. The number of rotatable bonds is 5. The second-order valence-electron chi connectivity index (χ2n) is 6.41. The predicted molar refractivity (Wildman–Crippen MR) is 87.6 cm³/mol. The molecular formula is C18H24N2O3. The van der Waals surface area contributed by atoms with Crippen molar-refractivity contribution in [3.05, 3.63) is 41.3 Å². The Kier molecular flexibility index (Phi) is 4.57. The van der Waals surface area contributed by atoms with Gasteiger partial charge in [-0.15, -0.1) is 0 Å². The molecule has 5 nitrogen and oxygen atoms in total.